The lowest BCUT2D eigenvalue weighted by Gasteiger charge is -2.19. The maximum Gasteiger partial charge on any atom is 0.156 e. The van der Waals surface area contributed by atoms with Crippen LogP contribution in [0.5, 0.6) is 0 Å². The summed E-state index contributed by atoms with van der Waals surface area (Å²) >= 11 is 0. The van der Waals surface area contributed by atoms with E-state index in [9.17, 15) is 5.11 Å². The average Bonchev–Trinajstić information content (AvgIpc) is 2.41. The van der Waals surface area contributed by atoms with Crippen molar-refractivity contribution in [3.63, 3.8) is 0 Å². The number of nitrogens with zero attached hydrogens (tertiary/aromatic N) is 2. The van der Waals surface area contributed by atoms with Crippen LogP contribution >= 0.6 is 0 Å². The zero-order valence-corrected chi connectivity index (χ0v) is 11.7. The lowest BCUT2D eigenvalue weighted by Crippen LogP contribution is -2.26. The highest BCUT2D eigenvalue weighted by atomic mass is 16.3. The van der Waals surface area contributed by atoms with Gasteiger partial charge in [-0.3, -0.25) is 0 Å². The zero-order valence-electron chi connectivity index (χ0n) is 11.7. The fraction of sp³-hybridized carbons (Fsp3) is 0.467. The first-order valence-electron chi connectivity index (χ1n) is 6.71. The van der Waals surface area contributed by atoms with Gasteiger partial charge in [-0.05, 0) is 19.3 Å². The first kappa shape index (κ1) is 13.7. The molecule has 0 aliphatic carbocycles. The number of rotatable bonds is 5. The van der Waals surface area contributed by atoms with Gasteiger partial charge in [-0.15, -0.1) is 5.10 Å². The maximum atomic E-state index is 9.45. The van der Waals surface area contributed by atoms with Gasteiger partial charge in [0.2, 0.25) is 0 Å². The lowest BCUT2D eigenvalue weighted by molar-refractivity contribution is 0.259. The molecule has 0 radical (unpaired) electrons. The molecule has 1 aromatic heterocycles. The summed E-state index contributed by atoms with van der Waals surface area (Å²) < 4.78 is 0. The van der Waals surface area contributed by atoms with Crippen molar-refractivity contribution >= 4 is 16.6 Å². The summed E-state index contributed by atoms with van der Waals surface area (Å²) in [6.45, 7) is 6.34. The standard InChI is InChI=1S/C15H21N3O/c1-10(2)8-12(9-19)16-15-14-7-5-4-6-13(14)11(3)17-18-15/h4-7,10,12,19H,8-9H2,1-3H3,(H,16,18). The van der Waals surface area contributed by atoms with Gasteiger partial charge in [0.05, 0.1) is 18.3 Å². The molecule has 0 fully saturated rings. The molecule has 0 spiro atoms. The summed E-state index contributed by atoms with van der Waals surface area (Å²) in [5.41, 5.74) is 0.922. The molecule has 1 unspecified atom stereocenters. The van der Waals surface area contributed by atoms with Crippen molar-refractivity contribution < 1.29 is 5.11 Å². The number of aliphatic hydroxyl groups excluding tert-OH is 1. The van der Waals surface area contributed by atoms with Crippen LogP contribution in [-0.4, -0.2) is 28.0 Å². The van der Waals surface area contributed by atoms with Crippen LogP contribution in [0.2, 0.25) is 0 Å². The summed E-state index contributed by atoms with van der Waals surface area (Å²) in [4.78, 5) is 0. The van der Waals surface area contributed by atoms with E-state index in [-0.39, 0.29) is 12.6 Å². The smallest absolute Gasteiger partial charge is 0.156 e. The Morgan fingerprint density at radius 2 is 1.84 bits per heavy atom. The van der Waals surface area contributed by atoms with Gasteiger partial charge in [-0.1, -0.05) is 38.1 Å². The molecular weight excluding hydrogens is 238 g/mol. The molecule has 0 aliphatic heterocycles. The Hall–Kier alpha value is -1.68. The Bertz CT molecular complexity index is 554. The number of aliphatic hydroxyl groups is 1. The van der Waals surface area contributed by atoms with E-state index >= 15 is 0 Å². The van der Waals surface area contributed by atoms with Crippen LogP contribution < -0.4 is 5.32 Å². The molecular formula is C15H21N3O. The van der Waals surface area contributed by atoms with Crippen molar-refractivity contribution in [2.45, 2.75) is 33.2 Å². The van der Waals surface area contributed by atoms with Crippen molar-refractivity contribution in [1.82, 2.24) is 10.2 Å². The molecule has 2 aromatic rings. The summed E-state index contributed by atoms with van der Waals surface area (Å²) in [6.07, 6.45) is 0.903. The molecule has 2 N–H and O–H groups in total. The number of aromatic nitrogens is 2. The monoisotopic (exact) mass is 259 g/mol. The van der Waals surface area contributed by atoms with Crippen LogP contribution in [0.3, 0.4) is 0 Å². The highest BCUT2D eigenvalue weighted by molar-refractivity contribution is 5.92. The van der Waals surface area contributed by atoms with Gasteiger partial charge >= 0.3 is 0 Å². The minimum Gasteiger partial charge on any atom is -0.394 e. The fourth-order valence-electron chi connectivity index (χ4n) is 2.29. The lowest BCUT2D eigenvalue weighted by atomic mass is 10.0. The molecule has 0 saturated heterocycles. The van der Waals surface area contributed by atoms with Crippen molar-refractivity contribution in [2.75, 3.05) is 11.9 Å². The minimum absolute atomic E-state index is 0.0143. The van der Waals surface area contributed by atoms with E-state index in [0.29, 0.717) is 5.92 Å². The van der Waals surface area contributed by atoms with E-state index in [4.69, 9.17) is 0 Å². The fourth-order valence-corrected chi connectivity index (χ4v) is 2.29. The normalized spacial score (nSPS) is 12.9. The third-order valence-corrected chi connectivity index (χ3v) is 3.19. The number of nitrogens with one attached hydrogen (secondary N) is 1. The predicted molar refractivity (Wildman–Crippen MR) is 78.2 cm³/mol. The molecule has 1 aromatic carbocycles. The second-order valence-corrected chi connectivity index (χ2v) is 5.33. The molecule has 1 atom stereocenters. The highest BCUT2D eigenvalue weighted by Gasteiger charge is 2.13. The topological polar surface area (TPSA) is 58.0 Å². The number of fused-ring (bicyclic) bond motifs is 1. The SMILES string of the molecule is Cc1nnc(NC(CO)CC(C)C)c2ccccc12. The van der Waals surface area contributed by atoms with Gasteiger partial charge in [-0.2, -0.15) is 5.10 Å². The van der Waals surface area contributed by atoms with E-state index in [1.807, 2.05) is 31.2 Å². The summed E-state index contributed by atoms with van der Waals surface area (Å²) in [6, 6.07) is 8.08. The van der Waals surface area contributed by atoms with Crippen molar-refractivity contribution in [2.24, 2.45) is 5.92 Å². The largest absolute Gasteiger partial charge is 0.394 e. The van der Waals surface area contributed by atoms with E-state index in [1.54, 1.807) is 0 Å². The Labute approximate surface area is 113 Å². The Morgan fingerprint density at radius 1 is 1.16 bits per heavy atom. The summed E-state index contributed by atoms with van der Waals surface area (Å²) in [5, 5.41) is 23.3. The maximum absolute atomic E-state index is 9.45. The van der Waals surface area contributed by atoms with Crippen LogP contribution in [-0.2, 0) is 0 Å². The number of anilines is 1. The molecule has 19 heavy (non-hydrogen) atoms. The molecule has 2 rings (SSSR count). The van der Waals surface area contributed by atoms with E-state index in [2.05, 4.69) is 29.4 Å². The van der Waals surface area contributed by atoms with E-state index < -0.39 is 0 Å². The number of hydrogen-bond donors (Lipinski definition) is 2. The van der Waals surface area contributed by atoms with Gasteiger partial charge in [0.15, 0.2) is 5.82 Å². The molecule has 0 amide bonds. The molecule has 0 saturated carbocycles. The number of hydrogen-bond acceptors (Lipinski definition) is 4. The van der Waals surface area contributed by atoms with Crippen LogP contribution in [0.15, 0.2) is 24.3 Å². The second-order valence-electron chi connectivity index (χ2n) is 5.33. The van der Waals surface area contributed by atoms with Gasteiger partial charge in [0.1, 0.15) is 0 Å². The van der Waals surface area contributed by atoms with E-state index in [0.717, 1.165) is 28.7 Å². The minimum atomic E-state index is 0.0143. The molecule has 4 heteroatoms. The molecule has 1 heterocycles. The molecule has 4 nitrogen and oxygen atoms in total. The van der Waals surface area contributed by atoms with Crippen LogP contribution in [0.25, 0.3) is 10.8 Å². The van der Waals surface area contributed by atoms with Crippen molar-refractivity contribution in [3.05, 3.63) is 30.0 Å². The quantitative estimate of drug-likeness (QED) is 0.867. The van der Waals surface area contributed by atoms with Crippen molar-refractivity contribution in [3.8, 4) is 0 Å². The molecule has 0 bridgehead atoms. The number of benzene rings is 1. The molecule has 102 valence electrons. The zero-order chi connectivity index (χ0) is 13.8. The van der Waals surface area contributed by atoms with Crippen LogP contribution in [0.4, 0.5) is 5.82 Å². The first-order chi connectivity index (χ1) is 9.11. The predicted octanol–water partition coefficient (Wildman–Crippen LogP) is 2.76. The first-order valence-corrected chi connectivity index (χ1v) is 6.71. The summed E-state index contributed by atoms with van der Waals surface area (Å²) in [7, 11) is 0. The Balaban J connectivity index is 2.32. The second kappa shape index (κ2) is 5.97. The van der Waals surface area contributed by atoms with Gasteiger partial charge in [0, 0.05) is 10.8 Å². The highest BCUT2D eigenvalue weighted by Crippen LogP contribution is 2.23. The summed E-state index contributed by atoms with van der Waals surface area (Å²) in [5.74, 6) is 1.27. The number of aryl methyl sites for hydroxylation is 1. The van der Waals surface area contributed by atoms with Gasteiger partial charge in [0.25, 0.3) is 0 Å². The Kier molecular flexibility index (Phi) is 4.32. The van der Waals surface area contributed by atoms with Gasteiger partial charge in [-0.25, -0.2) is 0 Å². The van der Waals surface area contributed by atoms with E-state index in [1.165, 1.54) is 0 Å². The third kappa shape index (κ3) is 3.20. The average molecular weight is 259 g/mol. The van der Waals surface area contributed by atoms with Gasteiger partial charge < -0.3 is 10.4 Å². The van der Waals surface area contributed by atoms with Crippen molar-refractivity contribution in [1.29, 1.82) is 0 Å². The Morgan fingerprint density at radius 3 is 2.47 bits per heavy atom. The van der Waals surface area contributed by atoms with Crippen LogP contribution in [0, 0.1) is 12.8 Å². The molecule has 0 aliphatic rings. The van der Waals surface area contributed by atoms with Crippen LogP contribution in [0.1, 0.15) is 26.0 Å². The third-order valence-electron chi connectivity index (χ3n) is 3.19.